The summed E-state index contributed by atoms with van der Waals surface area (Å²) in [5, 5.41) is 12.5. The van der Waals surface area contributed by atoms with E-state index in [-0.39, 0.29) is 24.3 Å². The lowest BCUT2D eigenvalue weighted by molar-refractivity contribution is -0.146. The van der Waals surface area contributed by atoms with E-state index in [2.05, 4.69) is 15.5 Å². The molecule has 0 bridgehead atoms. The molecule has 1 heterocycles. The van der Waals surface area contributed by atoms with Crippen LogP contribution in [0.3, 0.4) is 0 Å². The van der Waals surface area contributed by atoms with Gasteiger partial charge in [0.1, 0.15) is 0 Å². The first kappa shape index (κ1) is 20.7. The van der Waals surface area contributed by atoms with Crippen LogP contribution in [0.4, 0.5) is 0 Å². The Kier molecular flexibility index (Phi) is 6.96. The second-order valence-electron chi connectivity index (χ2n) is 6.70. The van der Waals surface area contributed by atoms with Crippen molar-refractivity contribution in [3.63, 3.8) is 0 Å². The van der Waals surface area contributed by atoms with Gasteiger partial charge in [-0.25, -0.2) is 0 Å². The van der Waals surface area contributed by atoms with Crippen LogP contribution in [0.5, 0.6) is 0 Å². The largest absolute Gasteiger partial charge is 0.455 e. The first-order valence-electron chi connectivity index (χ1n) is 9.24. The van der Waals surface area contributed by atoms with Gasteiger partial charge in [-0.1, -0.05) is 23.4 Å². The lowest BCUT2D eigenvalue weighted by Gasteiger charge is -2.12. The Morgan fingerprint density at radius 1 is 1.32 bits per heavy atom. The van der Waals surface area contributed by atoms with E-state index in [1.54, 1.807) is 12.1 Å². The van der Waals surface area contributed by atoms with Crippen LogP contribution in [0, 0.1) is 5.92 Å². The van der Waals surface area contributed by atoms with Crippen molar-refractivity contribution in [2.24, 2.45) is 5.92 Å². The van der Waals surface area contributed by atoms with Crippen molar-refractivity contribution >= 4 is 35.2 Å². The van der Waals surface area contributed by atoms with E-state index >= 15 is 0 Å². The minimum atomic E-state index is -0.460. The zero-order valence-electron chi connectivity index (χ0n) is 15.9. The summed E-state index contributed by atoms with van der Waals surface area (Å²) in [4.78, 5) is 23.8. The highest BCUT2D eigenvalue weighted by molar-refractivity contribution is 7.99. The lowest BCUT2D eigenvalue weighted by Crippen LogP contribution is -2.37. The minimum Gasteiger partial charge on any atom is -0.455 e. The Hall–Kier alpha value is -2.06. The average Bonchev–Trinajstić information content (AvgIpc) is 3.46. The highest BCUT2D eigenvalue weighted by Gasteiger charge is 2.29. The standard InChI is InChI=1S/C19H23ClN4O3S/c1-3-24-18(14-6-8-15(20)9-7-14)22-23-19(24)28-11-17(26)27-10-16(25)21-12(2)13-4-5-13/h6-9,12-13H,3-5,10-11H2,1-2H3,(H,21,25)/t12-/m0/s1. The number of esters is 1. The molecule has 150 valence electrons. The van der Waals surface area contributed by atoms with Crippen molar-refractivity contribution in [2.75, 3.05) is 12.4 Å². The first-order chi connectivity index (χ1) is 13.5. The molecule has 1 aromatic carbocycles. The van der Waals surface area contributed by atoms with E-state index < -0.39 is 5.97 Å². The molecule has 0 aliphatic heterocycles. The SMILES string of the molecule is CCn1c(SCC(=O)OCC(=O)N[C@@H](C)C2CC2)nnc1-c1ccc(Cl)cc1. The zero-order chi connectivity index (χ0) is 20.1. The number of nitrogens with one attached hydrogen (secondary N) is 1. The van der Waals surface area contributed by atoms with Crippen LogP contribution < -0.4 is 5.32 Å². The van der Waals surface area contributed by atoms with Crippen molar-refractivity contribution in [1.29, 1.82) is 0 Å². The fourth-order valence-electron chi connectivity index (χ4n) is 2.81. The summed E-state index contributed by atoms with van der Waals surface area (Å²) in [7, 11) is 0. The Bertz CT molecular complexity index is 836. The van der Waals surface area contributed by atoms with Crippen molar-refractivity contribution < 1.29 is 14.3 Å². The number of aromatic nitrogens is 3. The maximum atomic E-state index is 12.0. The molecule has 1 aliphatic rings. The van der Waals surface area contributed by atoms with Gasteiger partial charge in [0.05, 0.1) is 5.75 Å². The molecule has 1 aromatic heterocycles. The molecule has 7 nitrogen and oxygen atoms in total. The van der Waals surface area contributed by atoms with Gasteiger partial charge in [0.2, 0.25) is 0 Å². The van der Waals surface area contributed by atoms with Gasteiger partial charge in [0.25, 0.3) is 5.91 Å². The minimum absolute atomic E-state index is 0.0597. The second-order valence-corrected chi connectivity index (χ2v) is 8.08. The molecule has 1 saturated carbocycles. The van der Waals surface area contributed by atoms with Crippen molar-refractivity contribution in [2.45, 2.75) is 44.4 Å². The van der Waals surface area contributed by atoms with Gasteiger partial charge >= 0.3 is 5.97 Å². The number of halogens is 1. The Morgan fingerprint density at radius 2 is 2.04 bits per heavy atom. The number of rotatable bonds is 9. The van der Waals surface area contributed by atoms with Gasteiger partial charge in [-0.15, -0.1) is 10.2 Å². The number of hydrogen-bond acceptors (Lipinski definition) is 6. The maximum Gasteiger partial charge on any atom is 0.316 e. The lowest BCUT2D eigenvalue weighted by atomic mass is 10.2. The number of carbonyl (C=O) groups is 2. The van der Waals surface area contributed by atoms with Gasteiger partial charge in [-0.2, -0.15) is 0 Å². The van der Waals surface area contributed by atoms with Gasteiger partial charge < -0.3 is 14.6 Å². The summed E-state index contributed by atoms with van der Waals surface area (Å²) in [6.07, 6.45) is 2.29. The fourth-order valence-corrected chi connectivity index (χ4v) is 3.74. The number of ether oxygens (including phenoxy) is 1. The smallest absolute Gasteiger partial charge is 0.316 e. The van der Waals surface area contributed by atoms with E-state index in [4.69, 9.17) is 16.3 Å². The third-order valence-electron chi connectivity index (χ3n) is 4.54. The van der Waals surface area contributed by atoms with Crippen molar-refractivity contribution in [3.05, 3.63) is 29.3 Å². The van der Waals surface area contributed by atoms with Gasteiger partial charge in [-0.3, -0.25) is 9.59 Å². The van der Waals surface area contributed by atoms with E-state index in [9.17, 15) is 9.59 Å². The monoisotopic (exact) mass is 422 g/mol. The molecule has 1 amide bonds. The zero-order valence-corrected chi connectivity index (χ0v) is 17.4. The van der Waals surface area contributed by atoms with Crippen molar-refractivity contribution in [1.82, 2.24) is 20.1 Å². The maximum absolute atomic E-state index is 12.0. The van der Waals surface area contributed by atoms with Gasteiger partial charge in [0.15, 0.2) is 17.6 Å². The van der Waals surface area contributed by atoms with Crippen LogP contribution >= 0.6 is 23.4 Å². The van der Waals surface area contributed by atoms with Crippen LogP contribution in [0.2, 0.25) is 5.02 Å². The second kappa shape index (κ2) is 9.43. The summed E-state index contributed by atoms with van der Waals surface area (Å²) >= 11 is 7.17. The number of thioether (sulfide) groups is 1. The molecule has 1 fully saturated rings. The number of benzene rings is 1. The van der Waals surface area contributed by atoms with Crippen LogP contribution in [-0.2, 0) is 20.9 Å². The fraction of sp³-hybridized carbons (Fsp3) is 0.474. The van der Waals surface area contributed by atoms with Gasteiger partial charge in [-0.05, 0) is 56.9 Å². The average molecular weight is 423 g/mol. The normalized spacial score (nSPS) is 14.5. The first-order valence-corrected chi connectivity index (χ1v) is 10.6. The molecule has 0 radical (unpaired) electrons. The molecular weight excluding hydrogens is 400 g/mol. The highest BCUT2D eigenvalue weighted by Crippen LogP contribution is 2.32. The van der Waals surface area contributed by atoms with Crippen LogP contribution in [0.15, 0.2) is 29.4 Å². The molecule has 1 atom stereocenters. The van der Waals surface area contributed by atoms with Crippen LogP contribution in [0.25, 0.3) is 11.4 Å². The number of carbonyl (C=O) groups excluding carboxylic acids is 2. The van der Waals surface area contributed by atoms with E-state index in [1.807, 2.05) is 30.5 Å². The summed E-state index contributed by atoms with van der Waals surface area (Å²) < 4.78 is 6.98. The molecule has 28 heavy (non-hydrogen) atoms. The van der Waals surface area contributed by atoms with Crippen molar-refractivity contribution in [3.8, 4) is 11.4 Å². The third-order valence-corrected chi connectivity index (χ3v) is 5.73. The molecule has 0 spiro atoms. The van der Waals surface area contributed by atoms with Gasteiger partial charge in [0, 0.05) is 23.2 Å². The molecule has 1 aliphatic carbocycles. The Balaban J connectivity index is 1.50. The number of hydrogen-bond donors (Lipinski definition) is 1. The molecule has 0 unspecified atom stereocenters. The topological polar surface area (TPSA) is 86.1 Å². The third kappa shape index (κ3) is 5.48. The van der Waals surface area contributed by atoms with Crippen LogP contribution in [-0.4, -0.2) is 45.0 Å². The number of amides is 1. The molecule has 2 aromatic rings. The highest BCUT2D eigenvalue weighted by atomic mass is 35.5. The van der Waals surface area contributed by atoms with Crippen LogP contribution in [0.1, 0.15) is 26.7 Å². The summed E-state index contributed by atoms with van der Waals surface area (Å²) in [5.74, 6) is 0.607. The molecule has 3 rings (SSSR count). The predicted molar refractivity (Wildman–Crippen MR) is 108 cm³/mol. The summed E-state index contributed by atoms with van der Waals surface area (Å²) in [6, 6.07) is 7.48. The summed E-state index contributed by atoms with van der Waals surface area (Å²) in [5.41, 5.74) is 0.898. The Morgan fingerprint density at radius 3 is 2.68 bits per heavy atom. The molecule has 9 heteroatoms. The number of nitrogens with zero attached hydrogens (tertiary/aromatic N) is 3. The Labute approximate surface area is 173 Å². The quantitative estimate of drug-likeness (QED) is 0.493. The molecule has 0 saturated heterocycles. The predicted octanol–water partition coefficient (Wildman–Crippen LogP) is 3.17. The molecular formula is C19H23ClN4O3S. The van der Waals surface area contributed by atoms with E-state index in [0.717, 1.165) is 18.4 Å². The summed E-state index contributed by atoms with van der Waals surface area (Å²) in [6.45, 7) is 4.36. The van der Waals surface area contributed by atoms with E-state index in [1.165, 1.54) is 11.8 Å². The molecule has 1 N–H and O–H groups in total. The van der Waals surface area contributed by atoms with E-state index in [0.29, 0.717) is 28.5 Å².